The summed E-state index contributed by atoms with van der Waals surface area (Å²) in [6, 6.07) is 7.74. The van der Waals surface area contributed by atoms with Gasteiger partial charge in [-0.05, 0) is 5.56 Å². The van der Waals surface area contributed by atoms with E-state index < -0.39 is 24.2 Å². The summed E-state index contributed by atoms with van der Waals surface area (Å²) in [5, 5.41) is 15.7. The Bertz CT molecular complexity index is 436. The van der Waals surface area contributed by atoms with Crippen LogP contribution in [0, 0.1) is 0 Å². The Kier molecular flexibility index (Phi) is 7.22. The fourth-order valence-corrected chi connectivity index (χ4v) is 1.02. The second-order valence-electron chi connectivity index (χ2n) is 3.49. The molecule has 20 heavy (non-hydrogen) atoms. The number of carboxylic acids is 2. The van der Waals surface area contributed by atoms with Crippen molar-refractivity contribution in [3.05, 3.63) is 35.9 Å². The molecule has 0 spiro atoms. The largest absolute Gasteiger partial charge is 0.490 e. The van der Waals surface area contributed by atoms with E-state index in [1.807, 2.05) is 6.07 Å². The van der Waals surface area contributed by atoms with E-state index in [1.165, 1.54) is 5.54 Å². The summed E-state index contributed by atoms with van der Waals surface area (Å²) in [7, 11) is 0. The first kappa shape index (κ1) is 17.8. The van der Waals surface area contributed by atoms with Gasteiger partial charge in [0.25, 0.3) is 0 Å². The molecule has 1 rings (SSSR count). The zero-order chi connectivity index (χ0) is 15.8. The first-order valence-corrected chi connectivity index (χ1v) is 5.11. The van der Waals surface area contributed by atoms with Gasteiger partial charge in [-0.25, -0.2) is 4.79 Å². The van der Waals surface area contributed by atoms with Crippen LogP contribution in [0.3, 0.4) is 0 Å². The Morgan fingerprint density at radius 2 is 1.60 bits per heavy atom. The van der Waals surface area contributed by atoms with E-state index in [-0.39, 0.29) is 6.42 Å². The molecule has 0 heterocycles. The number of carboxylic acid groups (broad SMARTS) is 2. The van der Waals surface area contributed by atoms with Crippen LogP contribution in [0.4, 0.5) is 17.7 Å². The van der Waals surface area contributed by atoms with Crippen LogP contribution in [0.2, 0.25) is 0 Å². The standard InChI is InChI=1S/C9H10FNO2.C2HF3O2/c10-11-8(9(12)13)6-7-4-2-1-3-5-7;3-2(4,5)1(6)7/h1-5,8,11H,6H2,(H,12,13);(H,6,7)/t8-;/m0./s1. The van der Waals surface area contributed by atoms with Gasteiger partial charge in [0.2, 0.25) is 0 Å². The van der Waals surface area contributed by atoms with E-state index >= 15 is 0 Å². The van der Waals surface area contributed by atoms with Gasteiger partial charge in [0.15, 0.2) is 0 Å². The minimum atomic E-state index is -5.08. The van der Waals surface area contributed by atoms with Crippen molar-refractivity contribution in [1.82, 2.24) is 5.54 Å². The second-order valence-corrected chi connectivity index (χ2v) is 3.49. The van der Waals surface area contributed by atoms with Crippen LogP contribution in [0.25, 0.3) is 0 Å². The molecule has 5 nitrogen and oxygen atoms in total. The Morgan fingerprint density at radius 3 is 1.90 bits per heavy atom. The molecule has 0 saturated carbocycles. The highest BCUT2D eigenvalue weighted by Crippen LogP contribution is 2.13. The molecule has 1 atom stereocenters. The molecule has 1 aromatic carbocycles. The summed E-state index contributed by atoms with van der Waals surface area (Å²) >= 11 is 0. The van der Waals surface area contributed by atoms with Crippen molar-refractivity contribution in [2.45, 2.75) is 18.6 Å². The summed E-state index contributed by atoms with van der Waals surface area (Å²) < 4.78 is 43.7. The predicted octanol–water partition coefficient (Wildman–Crippen LogP) is 1.79. The molecule has 0 amide bonds. The van der Waals surface area contributed by atoms with Crippen molar-refractivity contribution in [2.24, 2.45) is 0 Å². The van der Waals surface area contributed by atoms with Gasteiger partial charge < -0.3 is 10.2 Å². The SMILES string of the molecule is O=C(O)C(F)(F)F.O=C(O)[C@H](Cc1ccccc1)NF. The fourth-order valence-electron chi connectivity index (χ4n) is 1.02. The van der Waals surface area contributed by atoms with Gasteiger partial charge in [0.05, 0.1) is 0 Å². The molecular formula is C11H11F4NO4. The van der Waals surface area contributed by atoms with Crippen molar-refractivity contribution in [3.63, 3.8) is 0 Å². The fraction of sp³-hybridized carbons (Fsp3) is 0.273. The number of nitrogens with one attached hydrogen (secondary N) is 1. The molecule has 0 aliphatic heterocycles. The van der Waals surface area contributed by atoms with Gasteiger partial charge in [-0.2, -0.15) is 13.2 Å². The Hall–Kier alpha value is -2.16. The van der Waals surface area contributed by atoms with Gasteiger partial charge in [0, 0.05) is 6.42 Å². The van der Waals surface area contributed by atoms with Gasteiger partial charge >= 0.3 is 18.1 Å². The van der Waals surface area contributed by atoms with Crippen LogP contribution in [0.5, 0.6) is 0 Å². The number of carbonyl (C=O) groups is 2. The monoisotopic (exact) mass is 297 g/mol. The third-order valence-corrected chi connectivity index (χ3v) is 1.95. The summed E-state index contributed by atoms with van der Waals surface area (Å²) in [5.41, 5.74) is 2.04. The lowest BCUT2D eigenvalue weighted by Crippen LogP contribution is -2.33. The molecule has 0 unspecified atom stereocenters. The molecule has 0 aromatic heterocycles. The normalized spacial score (nSPS) is 12.0. The van der Waals surface area contributed by atoms with Crippen LogP contribution >= 0.6 is 0 Å². The molecule has 3 N–H and O–H groups in total. The first-order valence-electron chi connectivity index (χ1n) is 5.11. The molecule has 0 bridgehead atoms. The topological polar surface area (TPSA) is 86.6 Å². The number of rotatable bonds is 4. The van der Waals surface area contributed by atoms with E-state index in [9.17, 15) is 22.4 Å². The van der Waals surface area contributed by atoms with Crippen LogP contribution in [-0.2, 0) is 16.0 Å². The maximum Gasteiger partial charge on any atom is 0.490 e. The Morgan fingerprint density at radius 1 is 1.15 bits per heavy atom. The quantitative estimate of drug-likeness (QED) is 0.582. The maximum absolute atomic E-state index is 12.0. The minimum Gasteiger partial charge on any atom is -0.480 e. The average Bonchev–Trinajstić information content (AvgIpc) is 2.36. The van der Waals surface area contributed by atoms with Crippen molar-refractivity contribution in [2.75, 3.05) is 0 Å². The number of hydrogen-bond donors (Lipinski definition) is 3. The zero-order valence-electron chi connectivity index (χ0n) is 9.89. The lowest BCUT2D eigenvalue weighted by atomic mass is 10.1. The van der Waals surface area contributed by atoms with Crippen molar-refractivity contribution in [1.29, 1.82) is 0 Å². The molecule has 0 radical (unpaired) electrons. The molecule has 112 valence electrons. The highest BCUT2D eigenvalue weighted by Gasteiger charge is 2.38. The summed E-state index contributed by atoms with van der Waals surface area (Å²) in [6.07, 6.45) is -4.94. The molecule has 0 fully saturated rings. The molecular weight excluding hydrogens is 286 g/mol. The lowest BCUT2D eigenvalue weighted by molar-refractivity contribution is -0.192. The smallest absolute Gasteiger partial charge is 0.480 e. The zero-order valence-corrected chi connectivity index (χ0v) is 9.89. The maximum atomic E-state index is 12.0. The molecule has 9 heteroatoms. The van der Waals surface area contributed by atoms with Gasteiger partial charge in [-0.3, -0.25) is 4.79 Å². The summed E-state index contributed by atoms with van der Waals surface area (Å²) in [5.74, 6) is -3.95. The van der Waals surface area contributed by atoms with Crippen LogP contribution in [0.15, 0.2) is 30.3 Å². The van der Waals surface area contributed by atoms with Crippen LogP contribution < -0.4 is 5.54 Å². The van der Waals surface area contributed by atoms with Crippen LogP contribution in [-0.4, -0.2) is 34.4 Å². The minimum absolute atomic E-state index is 0.146. The number of hydrogen-bond acceptors (Lipinski definition) is 3. The third-order valence-electron chi connectivity index (χ3n) is 1.95. The van der Waals surface area contributed by atoms with E-state index in [0.29, 0.717) is 0 Å². The van der Waals surface area contributed by atoms with E-state index in [1.54, 1.807) is 24.3 Å². The predicted molar refractivity (Wildman–Crippen MR) is 59.5 cm³/mol. The molecule has 1 aromatic rings. The van der Waals surface area contributed by atoms with Gasteiger partial charge in [-0.1, -0.05) is 30.3 Å². The summed E-state index contributed by atoms with van der Waals surface area (Å²) in [4.78, 5) is 19.3. The van der Waals surface area contributed by atoms with E-state index in [2.05, 4.69) is 0 Å². The number of benzene rings is 1. The molecule has 0 aliphatic rings. The third kappa shape index (κ3) is 7.31. The Balaban J connectivity index is 0.000000441. The van der Waals surface area contributed by atoms with E-state index in [0.717, 1.165) is 5.56 Å². The molecule has 0 aliphatic carbocycles. The highest BCUT2D eigenvalue weighted by molar-refractivity contribution is 5.73. The van der Waals surface area contributed by atoms with Crippen LogP contribution in [0.1, 0.15) is 5.56 Å². The van der Waals surface area contributed by atoms with Crippen molar-refractivity contribution >= 4 is 11.9 Å². The van der Waals surface area contributed by atoms with Crippen molar-refractivity contribution < 1.29 is 37.5 Å². The number of halogens is 4. The van der Waals surface area contributed by atoms with Crippen molar-refractivity contribution in [3.8, 4) is 0 Å². The second kappa shape index (κ2) is 8.10. The Labute approximate surface area is 110 Å². The van der Waals surface area contributed by atoms with Gasteiger partial charge in [0.1, 0.15) is 6.04 Å². The first-order chi connectivity index (χ1) is 9.18. The number of aliphatic carboxylic acids is 2. The lowest BCUT2D eigenvalue weighted by Gasteiger charge is -2.07. The van der Waals surface area contributed by atoms with Gasteiger partial charge in [-0.15, -0.1) is 10.0 Å². The highest BCUT2D eigenvalue weighted by atomic mass is 19.4. The summed E-state index contributed by atoms with van der Waals surface area (Å²) in [6.45, 7) is 0. The molecule has 0 saturated heterocycles. The van der Waals surface area contributed by atoms with E-state index in [4.69, 9.17) is 15.0 Å². The average molecular weight is 297 g/mol. The number of alkyl halides is 3.